The molecule has 3 aromatic rings. The summed E-state index contributed by atoms with van der Waals surface area (Å²) >= 11 is 5.96. The molecule has 3 N–H and O–H groups in total. The van der Waals surface area contributed by atoms with Crippen LogP contribution in [-0.4, -0.2) is 31.2 Å². The molecule has 0 aliphatic rings. The highest BCUT2D eigenvalue weighted by atomic mass is 35.5. The van der Waals surface area contributed by atoms with E-state index in [1.165, 1.54) is 31.5 Å². The first-order valence-corrected chi connectivity index (χ1v) is 10.9. The number of ether oxygens (including phenoxy) is 1. The summed E-state index contributed by atoms with van der Waals surface area (Å²) < 4.78 is 30.3. The number of anilines is 1. The number of amides is 1. The largest absolute Gasteiger partial charge is 0.495 e. The molecule has 0 saturated carbocycles. The number of nitrogens with one attached hydrogen (secondary N) is 1. The van der Waals surface area contributed by atoms with Crippen molar-refractivity contribution in [3.05, 3.63) is 64.9 Å². The van der Waals surface area contributed by atoms with Crippen molar-refractivity contribution in [1.29, 1.82) is 0 Å². The van der Waals surface area contributed by atoms with Crippen molar-refractivity contribution in [2.45, 2.75) is 24.7 Å². The summed E-state index contributed by atoms with van der Waals surface area (Å²) in [7, 11) is -2.69. The molecule has 3 rings (SSSR count). The van der Waals surface area contributed by atoms with Crippen LogP contribution in [0.5, 0.6) is 5.75 Å². The van der Waals surface area contributed by atoms with Gasteiger partial charge in [0, 0.05) is 10.7 Å². The van der Waals surface area contributed by atoms with E-state index in [-0.39, 0.29) is 22.3 Å². The molecule has 1 amide bonds. The Labute approximate surface area is 179 Å². The number of halogens is 1. The molecule has 0 spiro atoms. The Balaban J connectivity index is 1.97. The molecule has 0 unspecified atom stereocenters. The van der Waals surface area contributed by atoms with Crippen molar-refractivity contribution in [2.75, 3.05) is 12.4 Å². The first kappa shape index (κ1) is 21.8. The Kier molecular flexibility index (Phi) is 6.16. The van der Waals surface area contributed by atoms with Gasteiger partial charge in [0.05, 0.1) is 30.3 Å². The van der Waals surface area contributed by atoms with Gasteiger partial charge in [0.15, 0.2) is 0 Å². The van der Waals surface area contributed by atoms with Gasteiger partial charge in [-0.2, -0.15) is 5.10 Å². The number of primary sulfonamides is 1. The zero-order valence-electron chi connectivity index (χ0n) is 16.6. The maximum Gasteiger partial charge on any atom is 0.259 e. The van der Waals surface area contributed by atoms with Gasteiger partial charge in [-0.3, -0.25) is 4.79 Å². The second-order valence-corrected chi connectivity index (χ2v) is 8.82. The minimum absolute atomic E-state index is 0.0141. The molecule has 0 radical (unpaired) electrons. The molecule has 8 nitrogen and oxygen atoms in total. The number of rotatable bonds is 6. The Morgan fingerprint density at radius 1 is 1.20 bits per heavy atom. The third kappa shape index (κ3) is 4.48. The fraction of sp³-hybridized carbons (Fsp3) is 0.200. The third-order valence-corrected chi connectivity index (χ3v) is 5.58. The van der Waals surface area contributed by atoms with E-state index in [0.29, 0.717) is 16.3 Å². The highest BCUT2D eigenvalue weighted by Crippen LogP contribution is 2.28. The SMILES string of the molecule is COc1ccc(NC(=O)c2cnn(-c3ccc(Cl)cc3)c2C(C)C)cc1S(N)(=O)=O. The van der Waals surface area contributed by atoms with Gasteiger partial charge in [-0.25, -0.2) is 18.2 Å². The van der Waals surface area contributed by atoms with E-state index in [0.717, 1.165) is 5.69 Å². The Hall–Kier alpha value is -2.88. The number of aromatic nitrogens is 2. The standard InChI is InChI=1S/C20H21ClN4O4S/c1-12(2)19-16(11-23-25(19)15-7-4-13(21)5-8-15)20(26)24-14-6-9-17(29-3)18(10-14)30(22,27)28/h4-12H,1-3H3,(H,24,26)(H2,22,27,28). The molecular formula is C20H21ClN4O4S. The Bertz CT molecular complexity index is 1190. The predicted molar refractivity (Wildman–Crippen MR) is 115 cm³/mol. The summed E-state index contributed by atoms with van der Waals surface area (Å²) in [6, 6.07) is 11.3. The first-order chi connectivity index (χ1) is 14.1. The highest BCUT2D eigenvalue weighted by Gasteiger charge is 2.22. The van der Waals surface area contributed by atoms with E-state index in [1.54, 1.807) is 16.8 Å². The van der Waals surface area contributed by atoms with Gasteiger partial charge in [0.1, 0.15) is 10.6 Å². The maximum atomic E-state index is 13.0. The number of benzene rings is 2. The summed E-state index contributed by atoms with van der Waals surface area (Å²) in [5, 5.41) is 12.9. The molecule has 0 saturated heterocycles. The van der Waals surface area contributed by atoms with Crippen molar-refractivity contribution in [2.24, 2.45) is 5.14 Å². The van der Waals surface area contributed by atoms with E-state index in [4.69, 9.17) is 21.5 Å². The van der Waals surface area contributed by atoms with E-state index >= 15 is 0 Å². The average Bonchev–Trinajstić information content (AvgIpc) is 3.13. The van der Waals surface area contributed by atoms with Crippen molar-refractivity contribution < 1.29 is 17.9 Å². The molecule has 1 heterocycles. The maximum absolute atomic E-state index is 13.0. The fourth-order valence-electron chi connectivity index (χ4n) is 3.05. The van der Waals surface area contributed by atoms with Crippen LogP contribution >= 0.6 is 11.6 Å². The second kappa shape index (κ2) is 8.47. The lowest BCUT2D eigenvalue weighted by molar-refractivity contribution is 0.102. The van der Waals surface area contributed by atoms with Crippen LogP contribution < -0.4 is 15.2 Å². The second-order valence-electron chi connectivity index (χ2n) is 6.85. The summed E-state index contributed by atoms with van der Waals surface area (Å²) in [6.07, 6.45) is 1.48. The number of nitrogens with zero attached hydrogens (tertiary/aromatic N) is 2. The predicted octanol–water partition coefficient (Wildman–Crippen LogP) is 3.56. The van der Waals surface area contributed by atoms with Gasteiger partial charge in [-0.05, 0) is 48.4 Å². The average molecular weight is 449 g/mol. The number of nitrogens with two attached hydrogens (primary N) is 1. The van der Waals surface area contributed by atoms with E-state index in [1.807, 2.05) is 26.0 Å². The van der Waals surface area contributed by atoms with E-state index in [9.17, 15) is 13.2 Å². The van der Waals surface area contributed by atoms with Gasteiger partial charge < -0.3 is 10.1 Å². The van der Waals surface area contributed by atoms with Crippen LogP contribution in [-0.2, 0) is 10.0 Å². The van der Waals surface area contributed by atoms with Gasteiger partial charge in [0.2, 0.25) is 10.0 Å². The smallest absolute Gasteiger partial charge is 0.259 e. The van der Waals surface area contributed by atoms with Crippen molar-refractivity contribution >= 4 is 33.2 Å². The zero-order valence-corrected chi connectivity index (χ0v) is 18.2. The molecule has 30 heavy (non-hydrogen) atoms. The number of hydrogen-bond donors (Lipinski definition) is 2. The zero-order chi connectivity index (χ0) is 22.1. The fourth-order valence-corrected chi connectivity index (χ4v) is 3.90. The van der Waals surface area contributed by atoms with E-state index in [2.05, 4.69) is 10.4 Å². The van der Waals surface area contributed by atoms with Gasteiger partial charge in [-0.1, -0.05) is 25.4 Å². The molecule has 0 fully saturated rings. The number of carbonyl (C=O) groups excluding carboxylic acids is 1. The number of hydrogen-bond acceptors (Lipinski definition) is 5. The quantitative estimate of drug-likeness (QED) is 0.598. The molecule has 2 aromatic carbocycles. The van der Waals surface area contributed by atoms with Gasteiger partial charge in [-0.15, -0.1) is 0 Å². The van der Waals surface area contributed by atoms with Gasteiger partial charge in [0.25, 0.3) is 5.91 Å². The first-order valence-electron chi connectivity index (χ1n) is 8.98. The lowest BCUT2D eigenvalue weighted by Crippen LogP contribution is -2.17. The summed E-state index contributed by atoms with van der Waals surface area (Å²) in [5.74, 6) is -0.349. The molecule has 0 atom stereocenters. The third-order valence-electron chi connectivity index (χ3n) is 4.40. The van der Waals surface area contributed by atoms with Crippen LogP contribution in [0.3, 0.4) is 0 Å². The van der Waals surface area contributed by atoms with Crippen LogP contribution in [0.15, 0.2) is 53.6 Å². The summed E-state index contributed by atoms with van der Waals surface area (Å²) in [4.78, 5) is 12.7. The van der Waals surface area contributed by atoms with Crippen LogP contribution in [0.25, 0.3) is 5.69 Å². The molecule has 158 valence electrons. The minimum atomic E-state index is -4.03. The molecular weight excluding hydrogens is 428 g/mol. The molecule has 10 heteroatoms. The lowest BCUT2D eigenvalue weighted by atomic mass is 10.0. The summed E-state index contributed by atoms with van der Waals surface area (Å²) in [5.41, 5.74) is 2.10. The van der Waals surface area contributed by atoms with Gasteiger partial charge >= 0.3 is 0 Å². The van der Waals surface area contributed by atoms with E-state index < -0.39 is 15.9 Å². The lowest BCUT2D eigenvalue weighted by Gasteiger charge is -2.14. The molecule has 0 aliphatic carbocycles. The van der Waals surface area contributed by atoms with Crippen molar-refractivity contribution in [3.8, 4) is 11.4 Å². The highest BCUT2D eigenvalue weighted by molar-refractivity contribution is 7.89. The number of carbonyl (C=O) groups is 1. The molecule has 0 bridgehead atoms. The monoisotopic (exact) mass is 448 g/mol. The van der Waals surface area contributed by atoms with Crippen LogP contribution in [0.1, 0.15) is 35.8 Å². The molecule has 0 aliphatic heterocycles. The van der Waals surface area contributed by atoms with Crippen molar-refractivity contribution in [3.63, 3.8) is 0 Å². The van der Waals surface area contributed by atoms with Crippen molar-refractivity contribution in [1.82, 2.24) is 9.78 Å². The van der Waals surface area contributed by atoms with Crippen LogP contribution in [0.4, 0.5) is 5.69 Å². The number of methoxy groups -OCH3 is 1. The number of sulfonamides is 1. The minimum Gasteiger partial charge on any atom is -0.495 e. The van der Waals surface area contributed by atoms with Crippen LogP contribution in [0.2, 0.25) is 5.02 Å². The normalized spacial score (nSPS) is 11.5. The topological polar surface area (TPSA) is 116 Å². The summed E-state index contributed by atoms with van der Waals surface area (Å²) in [6.45, 7) is 3.90. The Morgan fingerprint density at radius 2 is 1.87 bits per heavy atom. The molecule has 1 aromatic heterocycles. The van der Waals surface area contributed by atoms with Crippen LogP contribution in [0, 0.1) is 0 Å². The Morgan fingerprint density at radius 3 is 2.43 bits per heavy atom.